The zero-order valence-corrected chi connectivity index (χ0v) is 32.2. The van der Waals surface area contributed by atoms with E-state index in [0.29, 0.717) is 21.8 Å². The average Bonchev–Trinajstić information content (AvgIpc) is 3.51. The number of nitrogens with one attached hydrogen (secondary N) is 2. The normalized spacial score (nSPS) is 12.5. The molecule has 0 unspecified atom stereocenters. The van der Waals surface area contributed by atoms with E-state index in [2.05, 4.69) is 10.6 Å². The molecule has 1 aliphatic rings. The minimum atomic E-state index is -1.01. The number of hydrogen-bond acceptors (Lipinski definition) is 6. The number of aryl methyl sites for hydroxylation is 3. The number of hydrogen-bond donors (Lipinski definition) is 4. The molecule has 1 heterocycles. The van der Waals surface area contributed by atoms with Crippen LogP contribution in [-0.4, -0.2) is 50.8 Å². The highest BCUT2D eigenvalue weighted by atomic mass is 32.1. The van der Waals surface area contributed by atoms with Crippen molar-refractivity contribution < 1.29 is 34.2 Å². The van der Waals surface area contributed by atoms with Gasteiger partial charge >= 0.3 is 11.9 Å². The van der Waals surface area contributed by atoms with Gasteiger partial charge in [-0.05, 0) is 138 Å². The van der Waals surface area contributed by atoms with Gasteiger partial charge in [0.15, 0.2) is 0 Å². The van der Waals surface area contributed by atoms with E-state index < -0.39 is 17.4 Å². The Hall–Kier alpha value is -5.29. The van der Waals surface area contributed by atoms with E-state index in [-0.39, 0.29) is 48.7 Å². The lowest BCUT2D eigenvalue weighted by molar-refractivity contribution is -0.147. The quantitative estimate of drug-likeness (QED) is 0.0894. The summed E-state index contributed by atoms with van der Waals surface area (Å²) in [7, 11) is 0. The van der Waals surface area contributed by atoms with Crippen molar-refractivity contribution in [1.29, 1.82) is 0 Å². The van der Waals surface area contributed by atoms with Crippen LogP contribution in [0.15, 0.2) is 72.8 Å². The van der Waals surface area contributed by atoms with Crippen molar-refractivity contribution in [3.05, 3.63) is 117 Å². The average molecular weight is 752 g/mol. The number of carboxylic acids is 2. The number of anilines is 2. The monoisotopic (exact) mass is 751 g/mol. The first-order chi connectivity index (χ1) is 25.7. The van der Waals surface area contributed by atoms with Gasteiger partial charge in [-0.25, -0.2) is 4.79 Å². The van der Waals surface area contributed by atoms with E-state index in [0.717, 1.165) is 72.1 Å². The second-order valence-corrected chi connectivity index (χ2v) is 16.0. The van der Waals surface area contributed by atoms with Crippen LogP contribution in [-0.2, 0) is 41.8 Å². The number of aromatic carboxylic acids is 1. The molecule has 54 heavy (non-hydrogen) atoms. The largest absolute Gasteiger partial charge is 0.481 e. The summed E-state index contributed by atoms with van der Waals surface area (Å²) in [4.78, 5) is 66.2. The van der Waals surface area contributed by atoms with Gasteiger partial charge < -0.3 is 25.7 Å². The molecule has 0 saturated heterocycles. The number of benzene rings is 3. The lowest BCUT2D eigenvalue weighted by Crippen LogP contribution is -2.37. The Morgan fingerprint density at radius 3 is 2.07 bits per heavy atom. The van der Waals surface area contributed by atoms with Crippen LogP contribution in [0.3, 0.4) is 0 Å². The number of rotatable bonds is 16. The number of carboxylic acid groups (broad SMARTS) is 2. The number of thiophene rings is 1. The van der Waals surface area contributed by atoms with Crippen molar-refractivity contribution in [2.45, 2.75) is 98.1 Å². The van der Waals surface area contributed by atoms with E-state index in [1.54, 1.807) is 49.1 Å². The molecule has 1 aromatic heterocycles. The molecule has 10 nitrogen and oxygen atoms in total. The Kier molecular flexibility index (Phi) is 13.1. The van der Waals surface area contributed by atoms with Crippen molar-refractivity contribution >= 4 is 51.7 Å². The highest BCUT2D eigenvalue weighted by Gasteiger charge is 2.30. The Morgan fingerprint density at radius 2 is 1.44 bits per heavy atom. The fourth-order valence-corrected chi connectivity index (χ4v) is 7.85. The molecular formula is C43H49N3O7S. The number of aliphatic carboxylic acids is 1. The second kappa shape index (κ2) is 17.7. The Morgan fingerprint density at radius 1 is 0.796 bits per heavy atom. The van der Waals surface area contributed by atoms with Crippen molar-refractivity contribution in [1.82, 2.24) is 4.90 Å². The molecule has 0 spiro atoms. The molecule has 1 aliphatic carbocycles. The van der Waals surface area contributed by atoms with Gasteiger partial charge in [-0.1, -0.05) is 36.4 Å². The van der Waals surface area contributed by atoms with Crippen LogP contribution in [0.1, 0.15) is 118 Å². The molecule has 0 saturated carbocycles. The summed E-state index contributed by atoms with van der Waals surface area (Å²) in [5.74, 6) is -2.65. The third-order valence-corrected chi connectivity index (χ3v) is 11.2. The number of carbonyl (C=O) groups excluding carboxylic acids is 3. The minimum Gasteiger partial charge on any atom is -0.481 e. The Bertz CT molecular complexity index is 2000. The molecule has 4 N–H and O–H groups in total. The van der Waals surface area contributed by atoms with Crippen LogP contribution >= 0.6 is 11.3 Å². The summed E-state index contributed by atoms with van der Waals surface area (Å²) in [6.45, 7) is 7.31. The van der Waals surface area contributed by atoms with E-state index in [1.165, 1.54) is 11.3 Å². The first-order valence-electron chi connectivity index (χ1n) is 18.5. The van der Waals surface area contributed by atoms with Crippen LogP contribution in [0.5, 0.6) is 0 Å². The number of fused-ring (bicyclic) bond motifs is 1. The highest BCUT2D eigenvalue weighted by molar-refractivity contribution is 7.17. The fraction of sp³-hybridized carbons (Fsp3) is 0.372. The van der Waals surface area contributed by atoms with Gasteiger partial charge in [-0.15, -0.1) is 11.3 Å². The molecule has 284 valence electrons. The summed E-state index contributed by atoms with van der Waals surface area (Å²) < 4.78 is 0. The number of nitrogens with zero attached hydrogens (tertiary/aromatic N) is 1. The van der Waals surface area contributed by atoms with Crippen LogP contribution in [0.25, 0.3) is 0 Å². The van der Waals surface area contributed by atoms with Crippen LogP contribution < -0.4 is 10.6 Å². The molecule has 4 aromatic rings. The van der Waals surface area contributed by atoms with E-state index in [1.807, 2.05) is 56.3 Å². The molecule has 0 fully saturated rings. The summed E-state index contributed by atoms with van der Waals surface area (Å²) in [5, 5.41) is 25.2. The van der Waals surface area contributed by atoms with Gasteiger partial charge in [0, 0.05) is 35.1 Å². The van der Waals surface area contributed by atoms with Gasteiger partial charge in [-0.3, -0.25) is 19.2 Å². The first-order valence-corrected chi connectivity index (χ1v) is 19.3. The lowest BCUT2D eigenvalue weighted by Gasteiger charge is -2.28. The molecule has 0 radical (unpaired) electrons. The topological polar surface area (TPSA) is 153 Å². The summed E-state index contributed by atoms with van der Waals surface area (Å²) >= 11 is 1.45. The van der Waals surface area contributed by atoms with Crippen molar-refractivity contribution in [2.75, 3.05) is 10.6 Å². The van der Waals surface area contributed by atoms with Crippen molar-refractivity contribution in [3.8, 4) is 0 Å². The molecule has 0 bridgehead atoms. The summed E-state index contributed by atoms with van der Waals surface area (Å²) in [5.41, 5.74) is 4.78. The SMILES string of the molecule is CC(C)N(Cc1cccc(C(=O)Nc2sc3c(c2C(=O)Nc2ccc(CCCc4ccc(C(=O)O)cc4)cc2)CCCC3)c1)C(=O)CCC(C)(C)C(=O)O. The maximum absolute atomic E-state index is 13.9. The molecule has 11 heteroatoms. The maximum atomic E-state index is 13.9. The molecule has 0 aliphatic heterocycles. The smallest absolute Gasteiger partial charge is 0.335 e. The zero-order chi connectivity index (χ0) is 39.0. The van der Waals surface area contributed by atoms with E-state index in [9.17, 15) is 29.1 Å². The zero-order valence-electron chi connectivity index (χ0n) is 31.4. The van der Waals surface area contributed by atoms with E-state index >= 15 is 0 Å². The summed E-state index contributed by atoms with van der Waals surface area (Å²) in [6, 6.07) is 21.7. The lowest BCUT2D eigenvalue weighted by atomic mass is 9.88. The Labute approximate surface area is 320 Å². The van der Waals surface area contributed by atoms with Crippen molar-refractivity contribution in [3.63, 3.8) is 0 Å². The van der Waals surface area contributed by atoms with Crippen LogP contribution in [0, 0.1) is 5.41 Å². The second-order valence-electron chi connectivity index (χ2n) is 14.9. The molecule has 3 aromatic carbocycles. The van der Waals surface area contributed by atoms with Gasteiger partial charge in [0.1, 0.15) is 5.00 Å². The maximum Gasteiger partial charge on any atom is 0.335 e. The predicted molar refractivity (Wildman–Crippen MR) is 212 cm³/mol. The summed E-state index contributed by atoms with van der Waals surface area (Å²) in [6.07, 6.45) is 6.49. The predicted octanol–water partition coefficient (Wildman–Crippen LogP) is 8.63. The molecule has 3 amide bonds. The van der Waals surface area contributed by atoms with Crippen molar-refractivity contribution in [2.24, 2.45) is 5.41 Å². The van der Waals surface area contributed by atoms with Gasteiger partial charge in [0.05, 0.1) is 16.5 Å². The first kappa shape index (κ1) is 39.9. The van der Waals surface area contributed by atoms with Gasteiger partial charge in [-0.2, -0.15) is 0 Å². The minimum absolute atomic E-state index is 0.101. The van der Waals surface area contributed by atoms with Gasteiger partial charge in [0.2, 0.25) is 5.91 Å². The number of carbonyl (C=O) groups is 5. The standard InChI is InChI=1S/C43H49N3O7S/c1-27(2)46(36(47)23-24-43(3,4)42(52)53)26-30-11-8-12-32(25-30)38(48)45-40-37(34-13-5-6-14-35(34)54-40)39(49)44-33-21-17-29(18-22-33)10-7-9-28-15-19-31(20-16-28)41(50)51/h8,11-12,15-22,25,27H,5-7,9-10,13-14,23-24,26H2,1-4H3,(H,44,49)(H,45,48)(H,50,51)(H,52,53). The highest BCUT2D eigenvalue weighted by Crippen LogP contribution is 2.39. The third kappa shape index (κ3) is 10.2. The molecule has 5 rings (SSSR count). The Balaban J connectivity index is 1.24. The van der Waals surface area contributed by atoms with Crippen LogP contribution in [0.2, 0.25) is 0 Å². The van der Waals surface area contributed by atoms with Crippen LogP contribution in [0.4, 0.5) is 10.7 Å². The fourth-order valence-electron chi connectivity index (χ4n) is 6.56. The third-order valence-electron chi connectivity index (χ3n) is 10.00. The molecular weight excluding hydrogens is 703 g/mol. The van der Waals surface area contributed by atoms with Gasteiger partial charge in [0.25, 0.3) is 11.8 Å². The molecule has 0 atom stereocenters. The number of amides is 3. The van der Waals surface area contributed by atoms with E-state index in [4.69, 9.17) is 5.11 Å².